The monoisotopic (exact) mass is 351 g/mol. The van der Waals surface area contributed by atoms with Crippen molar-refractivity contribution in [2.45, 2.75) is 6.92 Å². The van der Waals surface area contributed by atoms with Crippen LogP contribution in [-0.2, 0) is 14.3 Å². The highest BCUT2D eigenvalue weighted by molar-refractivity contribution is 6.30. The van der Waals surface area contributed by atoms with E-state index in [2.05, 4.69) is 5.32 Å². The summed E-state index contributed by atoms with van der Waals surface area (Å²) >= 11 is 5.62. The lowest BCUT2D eigenvalue weighted by atomic mass is 10.2. The number of para-hydroxylation sites is 1. The van der Waals surface area contributed by atoms with Crippen molar-refractivity contribution in [2.75, 3.05) is 18.5 Å². The fraction of sp³-hybridized carbons (Fsp3) is 0.176. The minimum Gasteiger partial charge on any atom is -0.482 e. The first-order valence-electron chi connectivity index (χ1n) is 7.04. The van der Waals surface area contributed by atoms with Crippen molar-refractivity contribution in [3.05, 3.63) is 58.9 Å². The smallest absolute Gasteiger partial charge is 0.344 e. The summed E-state index contributed by atoms with van der Waals surface area (Å²) in [7, 11) is 0. The van der Waals surface area contributed by atoms with E-state index in [9.17, 15) is 14.0 Å². The minimum absolute atomic E-state index is 0.0448. The van der Waals surface area contributed by atoms with Crippen LogP contribution in [0.2, 0.25) is 5.02 Å². The molecular weight excluding hydrogens is 337 g/mol. The van der Waals surface area contributed by atoms with Crippen molar-refractivity contribution in [1.82, 2.24) is 0 Å². The second kappa shape index (κ2) is 8.31. The summed E-state index contributed by atoms with van der Waals surface area (Å²) in [5.41, 5.74) is 0.831. The van der Waals surface area contributed by atoms with Crippen molar-refractivity contribution in [3.63, 3.8) is 0 Å². The molecule has 2 aromatic rings. The molecule has 1 N–H and O–H groups in total. The van der Waals surface area contributed by atoms with Gasteiger partial charge in [-0.1, -0.05) is 29.8 Å². The Morgan fingerprint density at radius 2 is 1.92 bits per heavy atom. The standard InChI is InChI=1S/C17H15ClFNO4/c1-11-4-2-3-5-15(11)23-10-17(22)24-9-16(21)20-14-7-6-12(18)8-13(14)19/h2-8H,9-10H2,1H3,(H,20,21). The number of esters is 1. The molecular formula is C17H15ClFNO4. The van der Waals surface area contributed by atoms with E-state index < -0.39 is 24.3 Å². The number of carbonyl (C=O) groups is 2. The number of hydrogen-bond acceptors (Lipinski definition) is 4. The molecule has 0 aliphatic heterocycles. The number of anilines is 1. The summed E-state index contributed by atoms with van der Waals surface area (Å²) < 4.78 is 23.6. The van der Waals surface area contributed by atoms with Gasteiger partial charge in [0.05, 0.1) is 5.69 Å². The SMILES string of the molecule is Cc1ccccc1OCC(=O)OCC(=O)Nc1ccc(Cl)cc1F. The maximum Gasteiger partial charge on any atom is 0.344 e. The minimum atomic E-state index is -0.704. The summed E-state index contributed by atoms with van der Waals surface area (Å²) in [6, 6.07) is 11.0. The number of aryl methyl sites for hydroxylation is 1. The van der Waals surface area contributed by atoms with Crippen LogP contribution in [0, 0.1) is 12.7 Å². The van der Waals surface area contributed by atoms with Gasteiger partial charge in [0.1, 0.15) is 11.6 Å². The van der Waals surface area contributed by atoms with Gasteiger partial charge in [-0.25, -0.2) is 9.18 Å². The summed E-state index contributed by atoms with van der Waals surface area (Å²) in [6.07, 6.45) is 0. The first kappa shape index (κ1) is 17.7. The Labute approximate surface area is 143 Å². The predicted molar refractivity (Wildman–Crippen MR) is 87.7 cm³/mol. The van der Waals surface area contributed by atoms with E-state index in [1.807, 2.05) is 19.1 Å². The van der Waals surface area contributed by atoms with Gasteiger partial charge in [0.2, 0.25) is 0 Å². The van der Waals surface area contributed by atoms with Gasteiger partial charge in [-0.2, -0.15) is 0 Å². The van der Waals surface area contributed by atoms with Gasteiger partial charge in [-0.3, -0.25) is 4.79 Å². The summed E-state index contributed by atoms with van der Waals surface area (Å²) in [4.78, 5) is 23.2. The number of amides is 1. The quantitative estimate of drug-likeness (QED) is 0.811. The van der Waals surface area contributed by atoms with Crippen LogP contribution in [0.3, 0.4) is 0 Å². The molecule has 0 spiro atoms. The van der Waals surface area contributed by atoms with Gasteiger partial charge in [-0.05, 0) is 36.8 Å². The molecule has 5 nitrogen and oxygen atoms in total. The van der Waals surface area contributed by atoms with Crippen molar-refractivity contribution < 1.29 is 23.5 Å². The van der Waals surface area contributed by atoms with Crippen molar-refractivity contribution in [1.29, 1.82) is 0 Å². The molecule has 2 rings (SSSR count). The summed E-state index contributed by atoms with van der Waals surface area (Å²) in [6.45, 7) is 0.972. The van der Waals surface area contributed by atoms with E-state index >= 15 is 0 Å². The topological polar surface area (TPSA) is 64.6 Å². The fourth-order valence-electron chi connectivity index (χ4n) is 1.82. The van der Waals surface area contributed by atoms with E-state index in [4.69, 9.17) is 21.1 Å². The zero-order valence-electron chi connectivity index (χ0n) is 12.8. The predicted octanol–water partition coefficient (Wildman–Crippen LogP) is 3.35. The Balaban J connectivity index is 1.77. The van der Waals surface area contributed by atoms with E-state index in [-0.39, 0.29) is 17.3 Å². The van der Waals surface area contributed by atoms with Crippen LogP contribution in [-0.4, -0.2) is 25.1 Å². The third kappa shape index (κ3) is 5.24. The number of hydrogen-bond donors (Lipinski definition) is 1. The lowest BCUT2D eigenvalue weighted by molar-refractivity contribution is -0.149. The van der Waals surface area contributed by atoms with Crippen LogP contribution < -0.4 is 10.1 Å². The average molecular weight is 352 g/mol. The molecule has 0 heterocycles. The number of rotatable bonds is 6. The highest BCUT2D eigenvalue weighted by Gasteiger charge is 2.11. The highest BCUT2D eigenvalue weighted by Crippen LogP contribution is 2.19. The van der Waals surface area contributed by atoms with Gasteiger partial charge in [0, 0.05) is 5.02 Å². The molecule has 0 saturated heterocycles. The summed E-state index contributed by atoms with van der Waals surface area (Å²) in [5, 5.41) is 2.50. The molecule has 0 atom stereocenters. The third-order valence-corrected chi connectivity index (χ3v) is 3.24. The molecule has 0 saturated carbocycles. The van der Waals surface area contributed by atoms with Gasteiger partial charge >= 0.3 is 5.97 Å². The molecule has 2 aromatic carbocycles. The average Bonchev–Trinajstić information content (AvgIpc) is 2.55. The second-order valence-electron chi connectivity index (χ2n) is 4.89. The number of benzene rings is 2. The van der Waals surface area contributed by atoms with Crippen LogP contribution in [0.15, 0.2) is 42.5 Å². The molecule has 24 heavy (non-hydrogen) atoms. The van der Waals surface area contributed by atoms with E-state index in [1.54, 1.807) is 12.1 Å². The van der Waals surface area contributed by atoms with Gasteiger partial charge in [-0.15, -0.1) is 0 Å². The molecule has 0 bridgehead atoms. The van der Waals surface area contributed by atoms with Crippen LogP contribution in [0.5, 0.6) is 5.75 Å². The Kier molecular flexibility index (Phi) is 6.14. The van der Waals surface area contributed by atoms with Gasteiger partial charge in [0.15, 0.2) is 13.2 Å². The number of carbonyl (C=O) groups excluding carboxylic acids is 2. The Morgan fingerprint density at radius 3 is 2.62 bits per heavy atom. The fourth-order valence-corrected chi connectivity index (χ4v) is 1.98. The van der Waals surface area contributed by atoms with Crippen LogP contribution in [0.4, 0.5) is 10.1 Å². The maximum atomic E-state index is 13.5. The Hall–Kier alpha value is -2.60. The van der Waals surface area contributed by atoms with Gasteiger partial charge in [0.25, 0.3) is 5.91 Å². The first-order valence-corrected chi connectivity index (χ1v) is 7.42. The molecule has 0 aliphatic carbocycles. The molecule has 0 aromatic heterocycles. The highest BCUT2D eigenvalue weighted by atomic mass is 35.5. The Morgan fingerprint density at radius 1 is 1.17 bits per heavy atom. The van der Waals surface area contributed by atoms with E-state index in [1.165, 1.54) is 12.1 Å². The first-order chi connectivity index (χ1) is 11.5. The van der Waals surface area contributed by atoms with E-state index in [0.717, 1.165) is 11.6 Å². The zero-order chi connectivity index (χ0) is 17.5. The Bertz CT molecular complexity index is 751. The zero-order valence-corrected chi connectivity index (χ0v) is 13.6. The number of nitrogens with one attached hydrogen (secondary N) is 1. The molecule has 7 heteroatoms. The molecule has 1 amide bonds. The van der Waals surface area contributed by atoms with Crippen molar-refractivity contribution in [2.24, 2.45) is 0 Å². The lowest BCUT2D eigenvalue weighted by Gasteiger charge is -2.09. The van der Waals surface area contributed by atoms with Crippen LogP contribution in [0.1, 0.15) is 5.56 Å². The lowest BCUT2D eigenvalue weighted by Crippen LogP contribution is -2.24. The van der Waals surface area contributed by atoms with Crippen LogP contribution in [0.25, 0.3) is 0 Å². The van der Waals surface area contributed by atoms with Crippen molar-refractivity contribution >= 4 is 29.2 Å². The number of ether oxygens (including phenoxy) is 2. The normalized spacial score (nSPS) is 10.1. The molecule has 126 valence electrons. The van der Waals surface area contributed by atoms with E-state index in [0.29, 0.717) is 5.75 Å². The van der Waals surface area contributed by atoms with Crippen LogP contribution >= 0.6 is 11.6 Å². The van der Waals surface area contributed by atoms with Crippen molar-refractivity contribution in [3.8, 4) is 5.75 Å². The molecule has 0 unspecified atom stereocenters. The molecule has 0 aliphatic rings. The maximum absolute atomic E-state index is 13.5. The third-order valence-electron chi connectivity index (χ3n) is 3.01. The largest absolute Gasteiger partial charge is 0.482 e. The summed E-state index contributed by atoms with van der Waals surface area (Å²) in [5.74, 6) is -1.49. The van der Waals surface area contributed by atoms with Gasteiger partial charge < -0.3 is 14.8 Å². The second-order valence-corrected chi connectivity index (χ2v) is 5.32. The number of halogens is 2. The molecule has 0 radical (unpaired) electrons. The molecule has 0 fully saturated rings.